The molecule has 1 nitrogen and oxygen atoms in total. The lowest BCUT2D eigenvalue weighted by Crippen LogP contribution is -2.45. The molecule has 0 saturated heterocycles. The Morgan fingerprint density at radius 3 is 2.42 bits per heavy atom. The number of halogens is 1. The van der Waals surface area contributed by atoms with Crippen LogP contribution < -0.4 is 5.19 Å². The molecular weight excluding hydrogens is 295 g/mol. The molecule has 0 aliphatic rings. The van der Waals surface area contributed by atoms with E-state index in [-0.39, 0.29) is 0 Å². The van der Waals surface area contributed by atoms with E-state index < -0.39 is 8.32 Å². The standard InChI is InChI=1S/C8H10IOSi2/c1-12(2,10-11)8-6-4-3-5-7(8)9/h3-6H,1-2H3. The molecule has 0 heterocycles. The fourth-order valence-electron chi connectivity index (χ4n) is 1.00. The molecule has 0 fully saturated rings. The minimum atomic E-state index is -1.69. The lowest BCUT2D eigenvalue weighted by molar-refractivity contribution is 0.628. The molecule has 4 heteroatoms. The van der Waals surface area contributed by atoms with Crippen LogP contribution in [0.15, 0.2) is 24.3 Å². The van der Waals surface area contributed by atoms with E-state index in [0.29, 0.717) is 0 Å². The van der Waals surface area contributed by atoms with Gasteiger partial charge in [-0.2, -0.15) is 0 Å². The van der Waals surface area contributed by atoms with Gasteiger partial charge in [-0.25, -0.2) is 0 Å². The average Bonchev–Trinajstić information content (AvgIpc) is 2.05. The Morgan fingerprint density at radius 2 is 1.92 bits per heavy atom. The number of benzene rings is 1. The van der Waals surface area contributed by atoms with Crippen molar-refractivity contribution in [3.05, 3.63) is 27.8 Å². The minimum absolute atomic E-state index is 1.28. The lowest BCUT2D eigenvalue weighted by atomic mass is 10.4. The van der Waals surface area contributed by atoms with Crippen molar-refractivity contribution in [2.45, 2.75) is 13.1 Å². The predicted molar refractivity (Wildman–Crippen MR) is 63.1 cm³/mol. The zero-order valence-corrected chi connectivity index (χ0v) is 11.3. The van der Waals surface area contributed by atoms with Crippen LogP contribution in [0.2, 0.25) is 13.1 Å². The Hall–Kier alpha value is 0.344. The maximum atomic E-state index is 5.34. The summed E-state index contributed by atoms with van der Waals surface area (Å²) in [6.07, 6.45) is 0. The zero-order valence-electron chi connectivity index (χ0n) is 7.10. The van der Waals surface area contributed by atoms with E-state index >= 15 is 0 Å². The van der Waals surface area contributed by atoms with Gasteiger partial charge < -0.3 is 4.12 Å². The fraction of sp³-hybridized carbons (Fsp3) is 0.250. The van der Waals surface area contributed by atoms with Gasteiger partial charge in [0.2, 0.25) is 18.8 Å². The minimum Gasteiger partial charge on any atom is -0.454 e. The summed E-state index contributed by atoms with van der Waals surface area (Å²) >= 11 is 2.34. The predicted octanol–water partition coefficient (Wildman–Crippen LogP) is 1.80. The zero-order chi connectivity index (χ0) is 9.19. The summed E-state index contributed by atoms with van der Waals surface area (Å²) in [6, 6.07) is 8.34. The molecule has 0 saturated carbocycles. The van der Waals surface area contributed by atoms with Crippen molar-refractivity contribution in [2.24, 2.45) is 0 Å². The van der Waals surface area contributed by atoms with Crippen molar-refractivity contribution in [3.63, 3.8) is 0 Å². The van der Waals surface area contributed by atoms with Gasteiger partial charge >= 0.3 is 0 Å². The molecule has 0 N–H and O–H groups in total. The Balaban J connectivity index is 3.10. The maximum Gasteiger partial charge on any atom is 0.230 e. The second-order valence-corrected chi connectivity index (χ2v) is 8.63. The molecule has 0 spiro atoms. The van der Waals surface area contributed by atoms with Crippen LogP contribution in [0.5, 0.6) is 0 Å². The van der Waals surface area contributed by atoms with E-state index in [9.17, 15) is 0 Å². The van der Waals surface area contributed by atoms with Gasteiger partial charge in [-0.05, 0) is 46.9 Å². The topological polar surface area (TPSA) is 9.23 Å². The first-order valence-electron chi connectivity index (χ1n) is 3.67. The highest BCUT2D eigenvalue weighted by atomic mass is 127. The van der Waals surface area contributed by atoms with Crippen molar-refractivity contribution in [1.29, 1.82) is 0 Å². The van der Waals surface area contributed by atoms with Gasteiger partial charge in [-0.3, -0.25) is 0 Å². The van der Waals surface area contributed by atoms with Crippen molar-refractivity contribution in [3.8, 4) is 0 Å². The summed E-state index contributed by atoms with van der Waals surface area (Å²) in [5.41, 5.74) is 0. The van der Waals surface area contributed by atoms with Crippen molar-refractivity contribution >= 4 is 46.6 Å². The van der Waals surface area contributed by atoms with E-state index in [1.807, 2.05) is 6.07 Å². The molecule has 0 unspecified atom stereocenters. The van der Waals surface area contributed by atoms with Crippen LogP contribution >= 0.6 is 22.6 Å². The third-order valence-corrected chi connectivity index (χ3v) is 7.00. The van der Waals surface area contributed by atoms with Crippen LogP contribution in [-0.2, 0) is 4.12 Å². The van der Waals surface area contributed by atoms with E-state index in [1.54, 1.807) is 0 Å². The summed E-state index contributed by atoms with van der Waals surface area (Å²) in [5, 5.41) is 1.33. The average molecular weight is 305 g/mol. The van der Waals surface area contributed by atoms with E-state index in [0.717, 1.165) is 0 Å². The van der Waals surface area contributed by atoms with E-state index in [1.165, 1.54) is 8.76 Å². The van der Waals surface area contributed by atoms with Crippen LogP contribution in [0.3, 0.4) is 0 Å². The van der Waals surface area contributed by atoms with E-state index in [2.05, 4.69) is 64.4 Å². The third kappa shape index (κ3) is 2.18. The second kappa shape index (κ2) is 4.03. The molecule has 0 aromatic heterocycles. The Morgan fingerprint density at radius 1 is 1.33 bits per heavy atom. The van der Waals surface area contributed by atoms with Crippen LogP contribution in [-0.4, -0.2) is 18.8 Å². The SMILES string of the molecule is C[Si](C)(O[Si])c1ccccc1I. The molecule has 0 amide bonds. The largest absolute Gasteiger partial charge is 0.454 e. The summed E-state index contributed by atoms with van der Waals surface area (Å²) in [6.45, 7) is 4.33. The molecule has 0 atom stereocenters. The first kappa shape index (κ1) is 10.4. The van der Waals surface area contributed by atoms with Crippen molar-refractivity contribution in [2.75, 3.05) is 0 Å². The van der Waals surface area contributed by atoms with Gasteiger partial charge in [0.25, 0.3) is 0 Å². The smallest absolute Gasteiger partial charge is 0.230 e. The quantitative estimate of drug-likeness (QED) is 0.598. The van der Waals surface area contributed by atoms with E-state index in [4.69, 9.17) is 4.12 Å². The van der Waals surface area contributed by atoms with Gasteiger partial charge in [0, 0.05) is 3.57 Å². The highest BCUT2D eigenvalue weighted by molar-refractivity contribution is 14.1. The summed E-state index contributed by atoms with van der Waals surface area (Å²) in [7, 11) is 1.46. The highest BCUT2D eigenvalue weighted by Gasteiger charge is 2.24. The number of hydrogen-bond acceptors (Lipinski definition) is 1. The van der Waals surface area contributed by atoms with Gasteiger partial charge in [0.1, 0.15) is 0 Å². The highest BCUT2D eigenvalue weighted by Crippen LogP contribution is 2.09. The van der Waals surface area contributed by atoms with Gasteiger partial charge in [0.05, 0.1) is 0 Å². The Kier molecular flexibility index (Phi) is 3.51. The van der Waals surface area contributed by atoms with Crippen LogP contribution in [0.1, 0.15) is 0 Å². The lowest BCUT2D eigenvalue weighted by Gasteiger charge is -2.21. The molecule has 1 aromatic carbocycles. The molecule has 0 aliphatic heterocycles. The van der Waals surface area contributed by atoms with Gasteiger partial charge in [-0.1, -0.05) is 18.2 Å². The molecular formula is C8H10IOSi2. The maximum absolute atomic E-state index is 5.34. The molecule has 1 rings (SSSR count). The first-order valence-corrected chi connectivity index (χ1v) is 8.07. The first-order chi connectivity index (χ1) is 5.58. The number of rotatable bonds is 2. The number of hydrogen-bond donors (Lipinski definition) is 0. The molecule has 0 aliphatic carbocycles. The monoisotopic (exact) mass is 305 g/mol. The fourth-order valence-corrected chi connectivity index (χ4v) is 4.94. The normalized spacial score (nSPS) is 11.7. The Bertz CT molecular complexity index is 276. The van der Waals surface area contributed by atoms with Gasteiger partial charge in [-0.15, -0.1) is 0 Å². The molecule has 1 aromatic rings. The van der Waals surface area contributed by atoms with Gasteiger partial charge in [0.15, 0.2) is 0 Å². The molecule has 63 valence electrons. The van der Waals surface area contributed by atoms with Crippen LogP contribution in [0.4, 0.5) is 0 Å². The Labute approximate surface area is 91.3 Å². The summed E-state index contributed by atoms with van der Waals surface area (Å²) < 4.78 is 6.63. The third-order valence-electron chi connectivity index (χ3n) is 1.78. The molecule has 3 radical (unpaired) electrons. The molecule has 0 bridgehead atoms. The van der Waals surface area contributed by atoms with Crippen molar-refractivity contribution < 1.29 is 4.12 Å². The van der Waals surface area contributed by atoms with Crippen molar-refractivity contribution in [1.82, 2.24) is 0 Å². The molecule has 12 heavy (non-hydrogen) atoms. The second-order valence-electron chi connectivity index (χ2n) is 3.09. The van der Waals surface area contributed by atoms with Crippen LogP contribution in [0.25, 0.3) is 0 Å². The summed E-state index contributed by atoms with van der Waals surface area (Å²) in [4.78, 5) is 0. The summed E-state index contributed by atoms with van der Waals surface area (Å²) in [5.74, 6) is 0. The van der Waals surface area contributed by atoms with Crippen LogP contribution in [0, 0.1) is 3.57 Å².